The largest absolute Gasteiger partial charge is 0.493 e. The lowest BCUT2D eigenvalue weighted by molar-refractivity contribution is 0.102. The zero-order valence-corrected chi connectivity index (χ0v) is 13.8. The Labute approximate surface area is 146 Å². The average Bonchev–Trinajstić information content (AvgIpc) is 2.68. The summed E-state index contributed by atoms with van der Waals surface area (Å²) < 4.78 is 11.2. The SMILES string of the molecule is COc1ccc(NC(=O)c2ccccc2)cc1OCc1cccnc1. The van der Waals surface area contributed by atoms with Gasteiger partial charge >= 0.3 is 0 Å². The lowest BCUT2D eigenvalue weighted by atomic mass is 10.2. The van der Waals surface area contributed by atoms with E-state index in [0.717, 1.165) is 5.56 Å². The molecule has 25 heavy (non-hydrogen) atoms. The lowest BCUT2D eigenvalue weighted by Gasteiger charge is -2.13. The van der Waals surface area contributed by atoms with Gasteiger partial charge in [-0.1, -0.05) is 24.3 Å². The van der Waals surface area contributed by atoms with Crippen LogP contribution < -0.4 is 14.8 Å². The van der Waals surface area contributed by atoms with Crippen LogP contribution in [0.3, 0.4) is 0 Å². The van der Waals surface area contributed by atoms with E-state index in [1.807, 2.05) is 30.3 Å². The Balaban J connectivity index is 1.74. The molecular weight excluding hydrogens is 316 g/mol. The molecule has 0 saturated carbocycles. The van der Waals surface area contributed by atoms with Gasteiger partial charge in [0.2, 0.25) is 0 Å². The molecule has 0 radical (unpaired) electrons. The van der Waals surface area contributed by atoms with E-state index in [2.05, 4.69) is 10.3 Å². The van der Waals surface area contributed by atoms with Crippen LogP contribution in [0.15, 0.2) is 73.1 Å². The van der Waals surface area contributed by atoms with Crippen LogP contribution in [0, 0.1) is 0 Å². The molecular formula is C20H18N2O3. The number of aromatic nitrogens is 1. The number of carbonyl (C=O) groups excluding carboxylic acids is 1. The van der Waals surface area contributed by atoms with Crippen molar-refractivity contribution in [3.8, 4) is 11.5 Å². The predicted molar refractivity (Wildman–Crippen MR) is 96.0 cm³/mol. The van der Waals surface area contributed by atoms with Gasteiger partial charge in [-0.15, -0.1) is 0 Å². The van der Waals surface area contributed by atoms with Crippen LogP contribution in [0.1, 0.15) is 15.9 Å². The maximum Gasteiger partial charge on any atom is 0.255 e. The molecule has 0 bridgehead atoms. The molecule has 5 nitrogen and oxygen atoms in total. The maximum absolute atomic E-state index is 12.3. The smallest absolute Gasteiger partial charge is 0.255 e. The standard InChI is InChI=1S/C20H18N2O3/c1-24-18-10-9-17(22-20(23)16-7-3-2-4-8-16)12-19(18)25-14-15-6-5-11-21-13-15/h2-13H,14H2,1H3,(H,22,23). The van der Waals surface area contributed by atoms with Crippen molar-refractivity contribution in [3.63, 3.8) is 0 Å². The minimum Gasteiger partial charge on any atom is -0.493 e. The van der Waals surface area contributed by atoms with Gasteiger partial charge in [-0.25, -0.2) is 0 Å². The van der Waals surface area contributed by atoms with E-state index < -0.39 is 0 Å². The highest BCUT2D eigenvalue weighted by atomic mass is 16.5. The van der Waals surface area contributed by atoms with E-state index in [1.54, 1.807) is 49.8 Å². The molecule has 0 atom stereocenters. The summed E-state index contributed by atoms with van der Waals surface area (Å²) in [5.74, 6) is 0.975. The summed E-state index contributed by atoms with van der Waals surface area (Å²) in [6.07, 6.45) is 3.46. The number of anilines is 1. The summed E-state index contributed by atoms with van der Waals surface area (Å²) in [4.78, 5) is 16.3. The molecule has 3 aromatic rings. The first kappa shape index (κ1) is 16.5. The van der Waals surface area contributed by atoms with Crippen LogP contribution in [-0.4, -0.2) is 18.0 Å². The Kier molecular flexibility index (Phi) is 5.26. The highest BCUT2D eigenvalue weighted by Crippen LogP contribution is 2.31. The number of methoxy groups -OCH3 is 1. The number of amides is 1. The van der Waals surface area contributed by atoms with Crippen molar-refractivity contribution in [1.82, 2.24) is 4.98 Å². The predicted octanol–water partition coefficient (Wildman–Crippen LogP) is 3.92. The van der Waals surface area contributed by atoms with Crippen molar-refractivity contribution >= 4 is 11.6 Å². The van der Waals surface area contributed by atoms with Crippen LogP contribution in [0.4, 0.5) is 5.69 Å². The van der Waals surface area contributed by atoms with E-state index in [1.165, 1.54) is 0 Å². The van der Waals surface area contributed by atoms with Crippen molar-refractivity contribution in [3.05, 3.63) is 84.2 Å². The van der Waals surface area contributed by atoms with E-state index in [0.29, 0.717) is 29.4 Å². The van der Waals surface area contributed by atoms with Gasteiger partial charge in [-0.3, -0.25) is 9.78 Å². The molecule has 126 valence electrons. The highest BCUT2D eigenvalue weighted by Gasteiger charge is 2.10. The summed E-state index contributed by atoms with van der Waals surface area (Å²) in [5.41, 5.74) is 2.18. The Bertz CT molecular complexity index is 836. The first-order valence-electron chi connectivity index (χ1n) is 7.82. The molecule has 0 fully saturated rings. The van der Waals surface area contributed by atoms with Gasteiger partial charge in [-0.05, 0) is 30.3 Å². The molecule has 1 aromatic heterocycles. The van der Waals surface area contributed by atoms with Crippen molar-refractivity contribution in [2.45, 2.75) is 6.61 Å². The zero-order chi connectivity index (χ0) is 17.5. The molecule has 2 aromatic carbocycles. The molecule has 0 saturated heterocycles. The number of benzene rings is 2. The molecule has 5 heteroatoms. The van der Waals surface area contributed by atoms with Crippen molar-refractivity contribution in [2.24, 2.45) is 0 Å². The fraction of sp³-hybridized carbons (Fsp3) is 0.100. The number of rotatable bonds is 6. The van der Waals surface area contributed by atoms with Gasteiger partial charge in [0.25, 0.3) is 5.91 Å². The second-order valence-electron chi connectivity index (χ2n) is 5.34. The van der Waals surface area contributed by atoms with Crippen molar-refractivity contribution in [2.75, 3.05) is 12.4 Å². The number of hydrogen-bond acceptors (Lipinski definition) is 4. The minimum atomic E-state index is -0.177. The van der Waals surface area contributed by atoms with E-state index in [9.17, 15) is 4.79 Å². The minimum absolute atomic E-state index is 0.177. The third-order valence-electron chi connectivity index (χ3n) is 3.57. The molecule has 0 aliphatic heterocycles. The highest BCUT2D eigenvalue weighted by molar-refractivity contribution is 6.04. The van der Waals surface area contributed by atoms with E-state index in [4.69, 9.17) is 9.47 Å². The topological polar surface area (TPSA) is 60.5 Å². The second-order valence-corrected chi connectivity index (χ2v) is 5.34. The van der Waals surface area contributed by atoms with E-state index >= 15 is 0 Å². The third kappa shape index (κ3) is 4.35. The number of carbonyl (C=O) groups is 1. The Morgan fingerprint density at radius 2 is 1.88 bits per heavy atom. The van der Waals surface area contributed by atoms with Crippen LogP contribution >= 0.6 is 0 Å². The lowest BCUT2D eigenvalue weighted by Crippen LogP contribution is -2.11. The Morgan fingerprint density at radius 3 is 2.60 bits per heavy atom. The van der Waals surface area contributed by atoms with Gasteiger partial charge < -0.3 is 14.8 Å². The van der Waals surface area contributed by atoms with Crippen molar-refractivity contribution in [1.29, 1.82) is 0 Å². The summed E-state index contributed by atoms with van der Waals surface area (Å²) in [7, 11) is 1.58. The molecule has 0 unspecified atom stereocenters. The van der Waals surface area contributed by atoms with Crippen LogP contribution in [-0.2, 0) is 6.61 Å². The fourth-order valence-corrected chi connectivity index (χ4v) is 2.30. The molecule has 1 heterocycles. The molecule has 3 rings (SSSR count). The number of nitrogens with one attached hydrogen (secondary N) is 1. The second kappa shape index (κ2) is 7.97. The third-order valence-corrected chi connectivity index (χ3v) is 3.57. The maximum atomic E-state index is 12.3. The number of ether oxygens (including phenoxy) is 2. The van der Waals surface area contributed by atoms with Crippen LogP contribution in [0.25, 0.3) is 0 Å². The molecule has 0 spiro atoms. The summed E-state index contributed by atoms with van der Waals surface area (Å²) in [5, 5.41) is 2.86. The fourth-order valence-electron chi connectivity index (χ4n) is 2.30. The zero-order valence-electron chi connectivity index (χ0n) is 13.8. The number of pyridine rings is 1. The van der Waals surface area contributed by atoms with E-state index in [-0.39, 0.29) is 5.91 Å². The quantitative estimate of drug-likeness (QED) is 0.742. The number of hydrogen-bond donors (Lipinski definition) is 1. The molecule has 0 aliphatic carbocycles. The average molecular weight is 334 g/mol. The van der Waals surface area contributed by atoms with Crippen molar-refractivity contribution < 1.29 is 14.3 Å². The summed E-state index contributed by atoms with van der Waals surface area (Å²) in [6, 6.07) is 18.1. The van der Waals surface area contributed by atoms with Gasteiger partial charge in [0.1, 0.15) is 6.61 Å². The first-order chi connectivity index (χ1) is 12.3. The molecule has 1 amide bonds. The summed E-state index contributed by atoms with van der Waals surface area (Å²) in [6.45, 7) is 0.361. The molecule has 1 N–H and O–H groups in total. The summed E-state index contributed by atoms with van der Waals surface area (Å²) >= 11 is 0. The Hall–Kier alpha value is -3.34. The monoisotopic (exact) mass is 334 g/mol. The first-order valence-corrected chi connectivity index (χ1v) is 7.82. The van der Waals surface area contributed by atoms with Gasteiger partial charge in [0.05, 0.1) is 7.11 Å². The number of nitrogens with zero attached hydrogens (tertiary/aromatic N) is 1. The van der Waals surface area contributed by atoms with Crippen LogP contribution in [0.2, 0.25) is 0 Å². The van der Waals surface area contributed by atoms with Crippen LogP contribution in [0.5, 0.6) is 11.5 Å². The van der Waals surface area contributed by atoms with Gasteiger partial charge in [0.15, 0.2) is 11.5 Å². The normalized spacial score (nSPS) is 10.1. The Morgan fingerprint density at radius 1 is 1.04 bits per heavy atom. The van der Waals surface area contributed by atoms with Gasteiger partial charge in [0, 0.05) is 35.3 Å². The molecule has 0 aliphatic rings. The van der Waals surface area contributed by atoms with Gasteiger partial charge in [-0.2, -0.15) is 0 Å².